The maximum atomic E-state index is 14.7. The molecule has 216 valence electrons. The van der Waals surface area contributed by atoms with Gasteiger partial charge in [-0.3, -0.25) is 14.5 Å². The Kier molecular flexibility index (Phi) is 10.4. The zero-order valence-corrected chi connectivity index (χ0v) is 22.9. The van der Waals surface area contributed by atoms with Gasteiger partial charge in [0.2, 0.25) is 5.91 Å². The van der Waals surface area contributed by atoms with Crippen LogP contribution in [0.25, 0.3) is 0 Å². The highest BCUT2D eigenvalue weighted by atomic mass is 19.1. The second kappa shape index (κ2) is 13.7. The van der Waals surface area contributed by atoms with Crippen molar-refractivity contribution in [2.75, 3.05) is 36.4 Å². The van der Waals surface area contributed by atoms with Crippen LogP contribution in [-0.2, 0) is 20.8 Å². The van der Waals surface area contributed by atoms with Crippen LogP contribution in [0.2, 0.25) is 0 Å². The normalized spacial score (nSPS) is 14.9. The molecular formula is C28H36FN5O6. The molecular weight excluding hydrogens is 521 g/mol. The number of rotatable bonds is 12. The molecule has 3 amide bonds. The summed E-state index contributed by atoms with van der Waals surface area (Å²) in [5, 5.41) is 8.15. The Labute approximate surface area is 232 Å². The van der Waals surface area contributed by atoms with E-state index in [0.717, 1.165) is 5.56 Å². The SMILES string of the molecule is CC(C)(C)OC(=O)NC[C@H]1CN(c2ccc(NCCNC(=O)CCC(=O)c3ccc(CN)cc3)c(F)c2)C(=O)O1. The second-order valence-electron chi connectivity index (χ2n) is 10.3. The van der Waals surface area contributed by atoms with E-state index < -0.39 is 29.7 Å². The van der Waals surface area contributed by atoms with Crippen LogP contribution in [0.3, 0.4) is 0 Å². The van der Waals surface area contributed by atoms with E-state index in [-0.39, 0.29) is 56.4 Å². The number of nitrogens with two attached hydrogens (primary N) is 1. The lowest BCUT2D eigenvalue weighted by molar-refractivity contribution is -0.120. The van der Waals surface area contributed by atoms with Gasteiger partial charge in [-0.1, -0.05) is 24.3 Å². The van der Waals surface area contributed by atoms with Crippen LogP contribution in [0.4, 0.5) is 25.4 Å². The Bertz CT molecular complexity index is 1210. The molecule has 1 heterocycles. The Morgan fingerprint density at radius 2 is 1.80 bits per heavy atom. The van der Waals surface area contributed by atoms with Crippen molar-refractivity contribution in [3.05, 3.63) is 59.4 Å². The molecule has 12 heteroatoms. The molecule has 0 aromatic heterocycles. The fraction of sp³-hybridized carbons (Fsp3) is 0.429. The van der Waals surface area contributed by atoms with Gasteiger partial charge < -0.3 is 31.2 Å². The highest BCUT2D eigenvalue weighted by Gasteiger charge is 2.33. The van der Waals surface area contributed by atoms with E-state index in [9.17, 15) is 23.6 Å². The van der Waals surface area contributed by atoms with Gasteiger partial charge in [0.15, 0.2) is 5.78 Å². The summed E-state index contributed by atoms with van der Waals surface area (Å²) in [6, 6.07) is 11.2. The average molecular weight is 558 g/mol. The number of halogens is 1. The van der Waals surface area contributed by atoms with E-state index in [1.54, 1.807) is 51.1 Å². The standard InChI is InChI=1S/C28H36FN5O6/c1-28(2,3)40-26(37)33-16-21-17-34(27(38)39-21)20-8-9-23(22(29)14-20)31-12-13-32-25(36)11-10-24(35)19-6-4-18(15-30)5-7-19/h4-9,14,21,31H,10-13,15-17,30H2,1-3H3,(H,32,36)(H,33,37)/t21-/m0/s1. The quantitative estimate of drug-likeness (QED) is 0.229. The number of anilines is 2. The second-order valence-corrected chi connectivity index (χ2v) is 10.3. The summed E-state index contributed by atoms with van der Waals surface area (Å²) >= 11 is 0. The van der Waals surface area contributed by atoms with Crippen molar-refractivity contribution in [2.45, 2.75) is 51.9 Å². The molecule has 2 aromatic rings. The number of ether oxygens (including phenoxy) is 2. The minimum atomic E-state index is -0.652. The number of hydrogen-bond donors (Lipinski definition) is 4. The predicted molar refractivity (Wildman–Crippen MR) is 148 cm³/mol. The van der Waals surface area contributed by atoms with Gasteiger partial charge in [0.1, 0.15) is 17.5 Å². The lowest BCUT2D eigenvalue weighted by Crippen LogP contribution is -2.38. The molecule has 2 aromatic carbocycles. The molecule has 1 aliphatic rings. The number of benzene rings is 2. The third-order valence-corrected chi connectivity index (χ3v) is 5.86. The average Bonchev–Trinajstić information content (AvgIpc) is 3.28. The highest BCUT2D eigenvalue weighted by molar-refractivity contribution is 5.98. The summed E-state index contributed by atoms with van der Waals surface area (Å²) in [6.45, 7) is 6.28. The highest BCUT2D eigenvalue weighted by Crippen LogP contribution is 2.26. The van der Waals surface area contributed by atoms with E-state index in [1.807, 2.05) is 0 Å². The van der Waals surface area contributed by atoms with Crippen LogP contribution in [0.5, 0.6) is 0 Å². The number of nitrogens with one attached hydrogen (secondary N) is 3. The topological polar surface area (TPSA) is 152 Å². The first kappa shape index (κ1) is 30.4. The first-order valence-corrected chi connectivity index (χ1v) is 13.0. The Morgan fingerprint density at radius 3 is 2.45 bits per heavy atom. The van der Waals surface area contributed by atoms with Crippen LogP contribution >= 0.6 is 0 Å². The number of hydrogen-bond acceptors (Lipinski definition) is 8. The maximum absolute atomic E-state index is 14.7. The fourth-order valence-electron chi connectivity index (χ4n) is 3.85. The molecule has 1 fully saturated rings. The zero-order chi connectivity index (χ0) is 29.3. The first-order valence-electron chi connectivity index (χ1n) is 13.0. The smallest absolute Gasteiger partial charge is 0.414 e. The summed E-state index contributed by atoms with van der Waals surface area (Å²) in [5.74, 6) is -1.00. The molecule has 11 nitrogen and oxygen atoms in total. The van der Waals surface area contributed by atoms with Crippen molar-refractivity contribution in [1.29, 1.82) is 0 Å². The van der Waals surface area contributed by atoms with Gasteiger partial charge in [0, 0.05) is 38.0 Å². The van der Waals surface area contributed by atoms with E-state index in [0.29, 0.717) is 17.8 Å². The molecule has 3 rings (SSSR count). The van der Waals surface area contributed by atoms with Crippen molar-refractivity contribution >= 4 is 35.3 Å². The van der Waals surface area contributed by atoms with E-state index in [1.165, 1.54) is 17.0 Å². The molecule has 1 atom stereocenters. The van der Waals surface area contributed by atoms with Crippen molar-refractivity contribution in [2.24, 2.45) is 5.73 Å². The first-order chi connectivity index (χ1) is 18.9. The molecule has 1 saturated heterocycles. The summed E-state index contributed by atoms with van der Waals surface area (Å²) in [7, 11) is 0. The summed E-state index contributed by atoms with van der Waals surface area (Å²) in [6.07, 6.45) is -1.77. The van der Waals surface area contributed by atoms with Gasteiger partial charge in [-0.25, -0.2) is 14.0 Å². The van der Waals surface area contributed by atoms with Crippen LogP contribution in [0, 0.1) is 5.82 Å². The van der Waals surface area contributed by atoms with Gasteiger partial charge in [-0.15, -0.1) is 0 Å². The number of ketones is 1. The number of carbonyl (C=O) groups is 4. The molecule has 0 radical (unpaired) electrons. The van der Waals surface area contributed by atoms with Gasteiger partial charge in [0.25, 0.3) is 0 Å². The third kappa shape index (κ3) is 9.23. The monoisotopic (exact) mass is 557 g/mol. The molecule has 0 aliphatic carbocycles. The summed E-state index contributed by atoms with van der Waals surface area (Å²) in [5.41, 5.74) is 6.86. The molecule has 0 spiro atoms. The van der Waals surface area contributed by atoms with Crippen molar-refractivity contribution < 1.29 is 33.0 Å². The zero-order valence-electron chi connectivity index (χ0n) is 22.9. The van der Waals surface area contributed by atoms with Crippen LogP contribution in [0.1, 0.15) is 49.5 Å². The van der Waals surface area contributed by atoms with Gasteiger partial charge >= 0.3 is 12.2 Å². The van der Waals surface area contributed by atoms with E-state index in [4.69, 9.17) is 15.2 Å². The lowest BCUT2D eigenvalue weighted by Gasteiger charge is -2.20. The van der Waals surface area contributed by atoms with Crippen LogP contribution in [-0.4, -0.2) is 61.8 Å². The van der Waals surface area contributed by atoms with Crippen molar-refractivity contribution in [3.63, 3.8) is 0 Å². The molecule has 1 aliphatic heterocycles. The van der Waals surface area contributed by atoms with E-state index >= 15 is 0 Å². The third-order valence-electron chi connectivity index (χ3n) is 5.86. The Morgan fingerprint density at radius 1 is 1.07 bits per heavy atom. The molecule has 40 heavy (non-hydrogen) atoms. The fourth-order valence-corrected chi connectivity index (χ4v) is 3.85. The Hall–Kier alpha value is -4.19. The largest absolute Gasteiger partial charge is 0.444 e. The van der Waals surface area contributed by atoms with Gasteiger partial charge in [-0.2, -0.15) is 0 Å². The van der Waals surface area contributed by atoms with Crippen molar-refractivity contribution in [3.8, 4) is 0 Å². The van der Waals surface area contributed by atoms with Crippen LogP contribution < -0.4 is 26.6 Å². The lowest BCUT2D eigenvalue weighted by atomic mass is 10.0. The molecule has 5 N–H and O–H groups in total. The van der Waals surface area contributed by atoms with E-state index in [2.05, 4.69) is 16.0 Å². The number of Topliss-reactive ketones (excluding diaryl/α,β-unsaturated/α-hetero) is 1. The molecule has 0 bridgehead atoms. The summed E-state index contributed by atoms with van der Waals surface area (Å²) in [4.78, 5) is 49.7. The number of carbonyl (C=O) groups excluding carboxylic acids is 4. The van der Waals surface area contributed by atoms with Crippen LogP contribution in [0.15, 0.2) is 42.5 Å². The Balaban J connectivity index is 1.39. The number of cyclic esters (lactones) is 1. The maximum Gasteiger partial charge on any atom is 0.414 e. The summed E-state index contributed by atoms with van der Waals surface area (Å²) < 4.78 is 25.1. The minimum Gasteiger partial charge on any atom is -0.444 e. The molecule has 0 saturated carbocycles. The number of nitrogens with zero attached hydrogens (tertiary/aromatic N) is 1. The molecule has 0 unspecified atom stereocenters. The predicted octanol–water partition coefficient (Wildman–Crippen LogP) is 3.33. The number of alkyl carbamates (subject to hydrolysis) is 1. The number of amides is 3. The van der Waals surface area contributed by atoms with Gasteiger partial charge in [-0.05, 0) is 44.5 Å². The van der Waals surface area contributed by atoms with Crippen molar-refractivity contribution in [1.82, 2.24) is 10.6 Å². The van der Waals surface area contributed by atoms with Gasteiger partial charge in [0.05, 0.1) is 24.5 Å². The minimum absolute atomic E-state index is 0.0424.